The van der Waals surface area contributed by atoms with Crippen LogP contribution in [0.2, 0.25) is 0 Å². The van der Waals surface area contributed by atoms with Gasteiger partial charge in [0.1, 0.15) is 0 Å². The lowest BCUT2D eigenvalue weighted by molar-refractivity contribution is -0.130. The average Bonchev–Trinajstić information content (AvgIpc) is 2.69. The molecule has 146 valence electrons. The van der Waals surface area contributed by atoms with Crippen LogP contribution in [0, 0.1) is 0 Å². The van der Waals surface area contributed by atoms with Crippen LogP contribution in [0.3, 0.4) is 0 Å². The van der Waals surface area contributed by atoms with Crippen LogP contribution in [-0.4, -0.2) is 78.5 Å². The maximum Gasteiger partial charge on any atom is 0.317 e. The molecule has 0 aliphatic carbocycles. The van der Waals surface area contributed by atoms with Gasteiger partial charge in [-0.2, -0.15) is 0 Å². The van der Waals surface area contributed by atoms with E-state index in [2.05, 4.69) is 34.5 Å². The Balaban J connectivity index is 1.39. The number of benzene rings is 1. The number of nitrogens with zero attached hydrogens (tertiary/aromatic N) is 3. The first-order valence-corrected chi connectivity index (χ1v) is 9.87. The first-order chi connectivity index (χ1) is 13.1. The van der Waals surface area contributed by atoms with Crippen LogP contribution < -0.4 is 5.32 Å². The lowest BCUT2D eigenvalue weighted by Crippen LogP contribution is -2.56. The van der Waals surface area contributed by atoms with Crippen LogP contribution in [0.4, 0.5) is 4.79 Å². The van der Waals surface area contributed by atoms with Crippen molar-refractivity contribution < 1.29 is 9.59 Å². The van der Waals surface area contributed by atoms with E-state index < -0.39 is 0 Å². The predicted octanol–water partition coefficient (Wildman–Crippen LogP) is 2.04. The van der Waals surface area contributed by atoms with Gasteiger partial charge in [0.15, 0.2) is 0 Å². The molecule has 2 heterocycles. The minimum Gasteiger partial charge on any atom is -0.341 e. The van der Waals surface area contributed by atoms with Gasteiger partial charge in [0.2, 0.25) is 5.91 Å². The molecule has 2 fully saturated rings. The van der Waals surface area contributed by atoms with Gasteiger partial charge in [-0.3, -0.25) is 9.69 Å². The lowest BCUT2D eigenvalue weighted by atomic mass is 10.1. The topological polar surface area (TPSA) is 55.9 Å². The summed E-state index contributed by atoms with van der Waals surface area (Å²) in [6, 6.07) is 10.4. The van der Waals surface area contributed by atoms with E-state index >= 15 is 0 Å². The Labute approximate surface area is 161 Å². The van der Waals surface area contributed by atoms with Gasteiger partial charge >= 0.3 is 6.03 Å². The average molecular weight is 370 g/mol. The standard InChI is InChI=1S/C21H30N4O2/c1-18(26)25-12-6-10-20(17-25)22-21(27)24-15-13-23(14-16-24)11-5-9-19-7-3-2-4-8-19/h2-5,7-9,20H,6,10-17H2,1H3,(H,22,27)/b9-5+/t20-/m0/s1. The fourth-order valence-electron chi connectivity index (χ4n) is 3.68. The highest BCUT2D eigenvalue weighted by Gasteiger charge is 2.26. The molecule has 2 aliphatic heterocycles. The molecule has 27 heavy (non-hydrogen) atoms. The number of hydrogen-bond acceptors (Lipinski definition) is 3. The van der Waals surface area contributed by atoms with Crippen molar-refractivity contribution in [3.63, 3.8) is 0 Å². The van der Waals surface area contributed by atoms with Gasteiger partial charge < -0.3 is 15.1 Å². The number of amides is 3. The van der Waals surface area contributed by atoms with E-state index in [0.29, 0.717) is 6.54 Å². The van der Waals surface area contributed by atoms with E-state index in [9.17, 15) is 9.59 Å². The fraction of sp³-hybridized carbons (Fsp3) is 0.524. The summed E-state index contributed by atoms with van der Waals surface area (Å²) in [5.74, 6) is 0.0890. The first kappa shape index (κ1) is 19.4. The highest BCUT2D eigenvalue weighted by atomic mass is 16.2. The minimum absolute atomic E-state index is 0.00452. The number of piperazine rings is 1. The third-order valence-corrected chi connectivity index (χ3v) is 5.33. The summed E-state index contributed by atoms with van der Waals surface area (Å²) >= 11 is 0. The lowest BCUT2D eigenvalue weighted by Gasteiger charge is -2.37. The number of rotatable bonds is 4. The summed E-state index contributed by atoms with van der Waals surface area (Å²) in [6.45, 7) is 7.19. The van der Waals surface area contributed by atoms with Gasteiger partial charge in [0, 0.05) is 58.8 Å². The Bertz CT molecular complexity index is 653. The zero-order valence-corrected chi connectivity index (χ0v) is 16.1. The fourth-order valence-corrected chi connectivity index (χ4v) is 3.68. The Morgan fingerprint density at radius 1 is 1.07 bits per heavy atom. The number of hydrogen-bond donors (Lipinski definition) is 1. The molecule has 1 atom stereocenters. The van der Waals surface area contributed by atoms with Crippen molar-refractivity contribution in [2.75, 3.05) is 45.8 Å². The molecular weight excluding hydrogens is 340 g/mol. The third kappa shape index (κ3) is 5.82. The van der Waals surface area contributed by atoms with Crippen LogP contribution in [0.1, 0.15) is 25.3 Å². The van der Waals surface area contributed by atoms with Gasteiger partial charge in [-0.25, -0.2) is 4.79 Å². The summed E-state index contributed by atoms with van der Waals surface area (Å²) in [5.41, 5.74) is 1.21. The van der Waals surface area contributed by atoms with Crippen LogP contribution in [-0.2, 0) is 4.79 Å². The van der Waals surface area contributed by atoms with Crippen LogP contribution >= 0.6 is 0 Å². The normalized spacial score (nSPS) is 21.4. The largest absolute Gasteiger partial charge is 0.341 e. The van der Waals surface area contributed by atoms with Crippen molar-refractivity contribution >= 4 is 18.0 Å². The highest BCUT2D eigenvalue weighted by Crippen LogP contribution is 2.11. The summed E-state index contributed by atoms with van der Waals surface area (Å²) in [7, 11) is 0. The second-order valence-corrected chi connectivity index (χ2v) is 7.35. The van der Waals surface area contributed by atoms with Crippen molar-refractivity contribution in [2.24, 2.45) is 0 Å². The van der Waals surface area contributed by atoms with E-state index in [-0.39, 0.29) is 18.0 Å². The van der Waals surface area contributed by atoms with Crippen molar-refractivity contribution in [1.29, 1.82) is 0 Å². The molecule has 1 N–H and O–H groups in total. The van der Waals surface area contributed by atoms with Crippen LogP contribution in [0.15, 0.2) is 36.4 Å². The van der Waals surface area contributed by atoms with E-state index in [1.54, 1.807) is 6.92 Å². The maximum absolute atomic E-state index is 12.5. The number of nitrogens with one attached hydrogen (secondary N) is 1. The van der Waals surface area contributed by atoms with Gasteiger partial charge in [-0.15, -0.1) is 0 Å². The Morgan fingerprint density at radius 3 is 2.52 bits per heavy atom. The van der Waals surface area contributed by atoms with Crippen molar-refractivity contribution in [3.8, 4) is 0 Å². The third-order valence-electron chi connectivity index (χ3n) is 5.33. The molecule has 6 nitrogen and oxygen atoms in total. The van der Waals surface area contributed by atoms with E-state index in [0.717, 1.165) is 52.1 Å². The second-order valence-electron chi connectivity index (χ2n) is 7.35. The molecule has 3 amide bonds. The molecule has 6 heteroatoms. The van der Waals surface area contributed by atoms with E-state index in [1.807, 2.05) is 28.0 Å². The van der Waals surface area contributed by atoms with Gasteiger partial charge in [-0.05, 0) is 18.4 Å². The molecule has 0 bridgehead atoms. The summed E-state index contributed by atoms with van der Waals surface area (Å²) < 4.78 is 0. The summed E-state index contributed by atoms with van der Waals surface area (Å²) in [6.07, 6.45) is 6.22. The molecule has 2 saturated heterocycles. The van der Waals surface area contributed by atoms with Crippen molar-refractivity contribution in [3.05, 3.63) is 42.0 Å². The van der Waals surface area contributed by atoms with Crippen LogP contribution in [0.25, 0.3) is 6.08 Å². The molecule has 0 unspecified atom stereocenters. The first-order valence-electron chi connectivity index (χ1n) is 9.87. The molecule has 0 spiro atoms. The molecule has 1 aromatic rings. The molecule has 2 aliphatic rings. The molecule has 0 saturated carbocycles. The van der Waals surface area contributed by atoms with Crippen molar-refractivity contribution in [1.82, 2.24) is 20.0 Å². The summed E-state index contributed by atoms with van der Waals surface area (Å²) in [5, 5.41) is 3.11. The monoisotopic (exact) mass is 370 g/mol. The second kappa shape index (κ2) is 9.55. The van der Waals surface area contributed by atoms with Gasteiger partial charge in [-0.1, -0.05) is 42.5 Å². The molecule has 0 aromatic heterocycles. The zero-order valence-electron chi connectivity index (χ0n) is 16.1. The smallest absolute Gasteiger partial charge is 0.317 e. The van der Waals surface area contributed by atoms with E-state index in [4.69, 9.17) is 0 Å². The van der Waals surface area contributed by atoms with Crippen LogP contribution in [0.5, 0.6) is 0 Å². The number of carbonyl (C=O) groups excluding carboxylic acids is 2. The van der Waals surface area contributed by atoms with Crippen molar-refractivity contribution in [2.45, 2.75) is 25.8 Å². The quantitative estimate of drug-likeness (QED) is 0.882. The maximum atomic E-state index is 12.5. The molecular formula is C21H30N4O2. The highest BCUT2D eigenvalue weighted by molar-refractivity contribution is 5.75. The SMILES string of the molecule is CC(=O)N1CCC[C@H](NC(=O)N2CCN(C/C=C/c3ccccc3)CC2)C1. The molecule has 1 aromatic carbocycles. The Morgan fingerprint density at radius 2 is 1.81 bits per heavy atom. The molecule has 0 radical (unpaired) electrons. The van der Waals surface area contributed by atoms with E-state index in [1.165, 1.54) is 5.56 Å². The number of carbonyl (C=O) groups is 2. The minimum atomic E-state index is 0.00452. The molecule has 3 rings (SSSR count). The Hall–Kier alpha value is -2.34. The zero-order chi connectivity index (χ0) is 19.1. The Kier molecular flexibility index (Phi) is 6.87. The number of piperidine rings is 1. The van der Waals surface area contributed by atoms with Gasteiger partial charge in [0.05, 0.1) is 0 Å². The van der Waals surface area contributed by atoms with Gasteiger partial charge in [0.25, 0.3) is 0 Å². The number of likely N-dealkylation sites (tertiary alicyclic amines) is 1. The predicted molar refractivity (Wildman–Crippen MR) is 107 cm³/mol. The number of urea groups is 1. The summed E-state index contributed by atoms with van der Waals surface area (Å²) in [4.78, 5) is 30.1.